The molecule has 2 N–H and O–H groups in total. The van der Waals surface area contributed by atoms with E-state index in [1.54, 1.807) is 6.07 Å². The highest BCUT2D eigenvalue weighted by Gasteiger charge is 2.10. The number of amides is 1. The Kier molecular flexibility index (Phi) is 3.06. The Morgan fingerprint density at radius 2 is 1.69 bits per heavy atom. The molecule has 2 nitrogen and oxygen atoms in total. The van der Waals surface area contributed by atoms with Gasteiger partial charge in [0.1, 0.15) is 0 Å². The van der Waals surface area contributed by atoms with Crippen molar-refractivity contribution in [1.29, 1.82) is 0 Å². The number of hydrogen-bond acceptors (Lipinski definition) is 1. The molecule has 0 aliphatic rings. The van der Waals surface area contributed by atoms with Gasteiger partial charge in [-0.2, -0.15) is 0 Å². The molecule has 2 rings (SSSR count). The summed E-state index contributed by atoms with van der Waals surface area (Å²) >= 11 is 3.42. The fourth-order valence-corrected chi connectivity index (χ4v) is 2.25. The molecule has 80 valence electrons. The van der Waals surface area contributed by atoms with E-state index in [0.29, 0.717) is 5.56 Å². The van der Waals surface area contributed by atoms with Gasteiger partial charge < -0.3 is 5.73 Å². The maximum absolute atomic E-state index is 11.2. The summed E-state index contributed by atoms with van der Waals surface area (Å²) < 4.78 is 0.744. The summed E-state index contributed by atoms with van der Waals surface area (Å²) in [5.41, 5.74) is 7.82. The van der Waals surface area contributed by atoms with Gasteiger partial charge in [-0.25, -0.2) is 0 Å². The Morgan fingerprint density at radius 1 is 1.00 bits per heavy atom. The summed E-state index contributed by atoms with van der Waals surface area (Å²) in [5.74, 6) is -0.426. The van der Waals surface area contributed by atoms with Crippen molar-refractivity contribution >= 4 is 21.8 Å². The molecule has 2 aromatic carbocycles. The molecule has 0 bridgehead atoms. The zero-order valence-corrected chi connectivity index (χ0v) is 10.1. The van der Waals surface area contributed by atoms with Crippen LogP contribution in [0.4, 0.5) is 0 Å². The molecule has 0 atom stereocenters. The number of rotatable bonds is 2. The van der Waals surface area contributed by atoms with Crippen molar-refractivity contribution in [2.45, 2.75) is 0 Å². The summed E-state index contributed by atoms with van der Waals surface area (Å²) in [5, 5.41) is 0. The van der Waals surface area contributed by atoms with Gasteiger partial charge in [0, 0.05) is 4.47 Å². The average Bonchev–Trinajstić information content (AvgIpc) is 2.30. The normalized spacial score (nSPS) is 10.1. The molecule has 0 aliphatic heterocycles. The number of carbonyl (C=O) groups excluding carboxylic acids is 1. The van der Waals surface area contributed by atoms with Gasteiger partial charge in [-0.15, -0.1) is 0 Å². The second-order valence-corrected chi connectivity index (χ2v) is 4.19. The lowest BCUT2D eigenvalue weighted by Gasteiger charge is -2.07. The highest BCUT2D eigenvalue weighted by molar-refractivity contribution is 9.10. The van der Waals surface area contributed by atoms with Crippen LogP contribution in [0, 0.1) is 0 Å². The molecule has 2 aromatic rings. The molecule has 0 fully saturated rings. The van der Waals surface area contributed by atoms with Crippen LogP contribution in [0.15, 0.2) is 53.0 Å². The third-order valence-corrected chi connectivity index (χ3v) is 3.20. The summed E-state index contributed by atoms with van der Waals surface area (Å²) in [4.78, 5) is 11.2. The molecule has 0 radical (unpaired) electrons. The second-order valence-electron chi connectivity index (χ2n) is 3.40. The van der Waals surface area contributed by atoms with Crippen LogP contribution in [-0.2, 0) is 0 Å². The summed E-state index contributed by atoms with van der Waals surface area (Å²) in [6.07, 6.45) is 0. The minimum Gasteiger partial charge on any atom is -0.366 e. The van der Waals surface area contributed by atoms with Crippen molar-refractivity contribution in [1.82, 2.24) is 0 Å². The van der Waals surface area contributed by atoms with E-state index in [4.69, 9.17) is 5.73 Å². The van der Waals surface area contributed by atoms with Crippen molar-refractivity contribution in [3.8, 4) is 11.1 Å². The van der Waals surface area contributed by atoms with Gasteiger partial charge in [0.05, 0.1) is 5.56 Å². The quantitative estimate of drug-likeness (QED) is 0.899. The molecular weight excluding hydrogens is 266 g/mol. The van der Waals surface area contributed by atoms with Crippen molar-refractivity contribution in [2.75, 3.05) is 0 Å². The van der Waals surface area contributed by atoms with Gasteiger partial charge in [-0.1, -0.05) is 42.5 Å². The Morgan fingerprint density at radius 3 is 2.31 bits per heavy atom. The molecule has 3 heteroatoms. The minimum atomic E-state index is -0.426. The predicted octanol–water partition coefficient (Wildman–Crippen LogP) is 3.22. The van der Waals surface area contributed by atoms with E-state index < -0.39 is 5.91 Å². The lowest BCUT2D eigenvalue weighted by atomic mass is 10.0. The molecule has 1 amide bonds. The van der Waals surface area contributed by atoms with E-state index in [1.165, 1.54) is 0 Å². The predicted molar refractivity (Wildman–Crippen MR) is 68.1 cm³/mol. The summed E-state index contributed by atoms with van der Waals surface area (Å²) in [6, 6.07) is 15.3. The van der Waals surface area contributed by atoms with Crippen LogP contribution in [0.1, 0.15) is 10.4 Å². The smallest absolute Gasteiger partial charge is 0.249 e. The summed E-state index contributed by atoms with van der Waals surface area (Å²) in [7, 11) is 0. The van der Waals surface area contributed by atoms with Gasteiger partial charge in [-0.3, -0.25) is 4.79 Å². The van der Waals surface area contributed by atoms with Gasteiger partial charge in [0.15, 0.2) is 0 Å². The molecule has 0 aromatic heterocycles. The third kappa shape index (κ3) is 1.99. The van der Waals surface area contributed by atoms with Crippen LogP contribution in [0.5, 0.6) is 0 Å². The molecule has 0 saturated heterocycles. The number of primary amides is 1. The molecule has 0 saturated carbocycles. The SMILES string of the molecule is NC(=O)c1cccc(-c2ccccc2)c1Br. The average molecular weight is 276 g/mol. The van der Waals surface area contributed by atoms with E-state index >= 15 is 0 Å². The Bertz CT molecular complexity index is 523. The van der Waals surface area contributed by atoms with Gasteiger partial charge >= 0.3 is 0 Å². The summed E-state index contributed by atoms with van der Waals surface area (Å²) in [6.45, 7) is 0. The maximum Gasteiger partial charge on any atom is 0.249 e. The monoisotopic (exact) mass is 275 g/mol. The molecule has 16 heavy (non-hydrogen) atoms. The number of carbonyl (C=O) groups is 1. The van der Waals surface area contributed by atoms with Gasteiger partial charge in [-0.05, 0) is 33.1 Å². The topological polar surface area (TPSA) is 43.1 Å². The van der Waals surface area contributed by atoms with Crippen molar-refractivity contribution < 1.29 is 4.79 Å². The van der Waals surface area contributed by atoms with Crippen LogP contribution >= 0.6 is 15.9 Å². The van der Waals surface area contributed by atoms with Gasteiger partial charge in [0.2, 0.25) is 5.91 Å². The van der Waals surface area contributed by atoms with Crippen molar-refractivity contribution in [3.63, 3.8) is 0 Å². The van der Waals surface area contributed by atoms with Crippen molar-refractivity contribution in [2.24, 2.45) is 5.73 Å². The zero-order valence-electron chi connectivity index (χ0n) is 8.48. The molecule has 0 aliphatic carbocycles. The first-order chi connectivity index (χ1) is 7.70. The molecule has 0 spiro atoms. The van der Waals surface area contributed by atoms with E-state index in [1.807, 2.05) is 42.5 Å². The maximum atomic E-state index is 11.2. The van der Waals surface area contributed by atoms with Crippen LogP contribution < -0.4 is 5.73 Å². The fraction of sp³-hybridized carbons (Fsp3) is 0. The Hall–Kier alpha value is -1.61. The van der Waals surface area contributed by atoms with E-state index in [0.717, 1.165) is 15.6 Å². The van der Waals surface area contributed by atoms with E-state index in [9.17, 15) is 4.79 Å². The largest absolute Gasteiger partial charge is 0.366 e. The minimum absolute atomic E-state index is 0.426. The molecular formula is C13H10BrNO. The van der Waals surface area contributed by atoms with Crippen LogP contribution in [0.2, 0.25) is 0 Å². The number of hydrogen-bond donors (Lipinski definition) is 1. The lowest BCUT2D eigenvalue weighted by Crippen LogP contribution is -2.11. The van der Waals surface area contributed by atoms with Crippen molar-refractivity contribution in [3.05, 3.63) is 58.6 Å². The zero-order chi connectivity index (χ0) is 11.5. The lowest BCUT2D eigenvalue weighted by molar-refractivity contribution is 0.0999. The fourth-order valence-electron chi connectivity index (χ4n) is 1.56. The van der Waals surface area contributed by atoms with E-state index in [2.05, 4.69) is 15.9 Å². The number of halogens is 1. The highest BCUT2D eigenvalue weighted by Crippen LogP contribution is 2.30. The molecule has 0 heterocycles. The first-order valence-electron chi connectivity index (χ1n) is 4.84. The van der Waals surface area contributed by atoms with Crippen LogP contribution in [0.3, 0.4) is 0 Å². The van der Waals surface area contributed by atoms with Crippen LogP contribution in [0.25, 0.3) is 11.1 Å². The number of nitrogens with two attached hydrogens (primary N) is 1. The third-order valence-electron chi connectivity index (χ3n) is 2.35. The van der Waals surface area contributed by atoms with Gasteiger partial charge in [0.25, 0.3) is 0 Å². The van der Waals surface area contributed by atoms with E-state index in [-0.39, 0.29) is 0 Å². The first kappa shape index (κ1) is 10.9. The second kappa shape index (κ2) is 4.49. The number of benzene rings is 2. The Labute approximate surface area is 102 Å². The standard InChI is InChI=1S/C13H10BrNO/c14-12-10(9-5-2-1-3-6-9)7-4-8-11(12)13(15)16/h1-8H,(H2,15,16). The highest BCUT2D eigenvalue weighted by atomic mass is 79.9. The Balaban J connectivity index is 2.59. The first-order valence-corrected chi connectivity index (χ1v) is 5.63. The van der Waals surface area contributed by atoms with Crippen LogP contribution in [-0.4, -0.2) is 5.91 Å². The molecule has 0 unspecified atom stereocenters.